The lowest BCUT2D eigenvalue weighted by Crippen LogP contribution is -2.41. The van der Waals surface area contributed by atoms with E-state index in [4.69, 9.17) is 16.7 Å². The Balaban J connectivity index is 2.32. The van der Waals surface area contributed by atoms with Crippen molar-refractivity contribution in [1.29, 1.82) is 0 Å². The van der Waals surface area contributed by atoms with Gasteiger partial charge in [-0.05, 0) is 32.1 Å². The zero-order valence-electron chi connectivity index (χ0n) is 8.58. The highest BCUT2D eigenvalue weighted by Crippen LogP contribution is 2.20. The van der Waals surface area contributed by atoms with Crippen LogP contribution >= 0.6 is 11.6 Å². The van der Waals surface area contributed by atoms with Crippen LogP contribution in [0, 0.1) is 5.92 Å². The molecule has 0 aromatic carbocycles. The van der Waals surface area contributed by atoms with Crippen molar-refractivity contribution in [3.8, 4) is 0 Å². The van der Waals surface area contributed by atoms with Gasteiger partial charge in [-0.2, -0.15) is 0 Å². The van der Waals surface area contributed by atoms with Crippen LogP contribution in [0.1, 0.15) is 26.2 Å². The number of piperidine rings is 1. The van der Waals surface area contributed by atoms with E-state index in [9.17, 15) is 4.79 Å². The predicted molar refractivity (Wildman–Crippen MR) is 56.3 cm³/mol. The first-order valence-electron chi connectivity index (χ1n) is 5.19. The number of rotatable bonds is 3. The summed E-state index contributed by atoms with van der Waals surface area (Å²) in [6, 6.07) is 0. The fourth-order valence-corrected chi connectivity index (χ4v) is 2.01. The second kappa shape index (κ2) is 5.56. The molecule has 1 amide bonds. The quantitative estimate of drug-likeness (QED) is 0.726. The Morgan fingerprint density at radius 1 is 1.57 bits per heavy atom. The highest BCUT2D eigenvalue weighted by molar-refractivity contribution is 6.30. The van der Waals surface area contributed by atoms with Gasteiger partial charge in [-0.1, -0.05) is 0 Å². The summed E-state index contributed by atoms with van der Waals surface area (Å²) < 4.78 is 0. The monoisotopic (exact) mass is 219 g/mol. The van der Waals surface area contributed by atoms with E-state index in [1.165, 1.54) is 0 Å². The molecule has 3 nitrogen and oxygen atoms in total. The number of carbonyl (C=O) groups excluding carboxylic acids is 1. The molecule has 1 unspecified atom stereocenters. The number of likely N-dealkylation sites (tertiary alicyclic amines) is 1. The molecule has 1 fully saturated rings. The van der Waals surface area contributed by atoms with Crippen LogP contribution in [-0.2, 0) is 4.79 Å². The molecule has 0 aromatic rings. The number of halogens is 1. The fourth-order valence-electron chi connectivity index (χ4n) is 1.88. The average Bonchev–Trinajstić information content (AvgIpc) is 2.18. The molecular formula is C10H18ClNO2. The van der Waals surface area contributed by atoms with Crippen LogP contribution in [0.4, 0.5) is 0 Å². The van der Waals surface area contributed by atoms with E-state index in [2.05, 4.69) is 0 Å². The molecule has 0 saturated carbocycles. The van der Waals surface area contributed by atoms with Crippen molar-refractivity contribution in [3.05, 3.63) is 0 Å². The van der Waals surface area contributed by atoms with Crippen molar-refractivity contribution < 1.29 is 9.90 Å². The van der Waals surface area contributed by atoms with Crippen molar-refractivity contribution in [2.24, 2.45) is 5.92 Å². The number of hydrogen-bond donors (Lipinski definition) is 1. The molecule has 0 aliphatic carbocycles. The normalized spacial score (nSPS) is 20.9. The maximum Gasteiger partial charge on any atom is 0.240 e. The van der Waals surface area contributed by atoms with E-state index in [0.29, 0.717) is 5.92 Å². The Bertz CT molecular complexity index is 189. The second-order valence-corrected chi connectivity index (χ2v) is 4.55. The molecule has 4 heteroatoms. The van der Waals surface area contributed by atoms with Gasteiger partial charge in [-0.25, -0.2) is 0 Å². The number of aliphatic hydroxyl groups is 1. The molecule has 1 rings (SSSR count). The maximum atomic E-state index is 11.5. The number of carbonyl (C=O) groups is 1. The lowest BCUT2D eigenvalue weighted by Gasteiger charge is -2.32. The van der Waals surface area contributed by atoms with E-state index in [1.54, 1.807) is 6.92 Å². The van der Waals surface area contributed by atoms with E-state index >= 15 is 0 Å². The van der Waals surface area contributed by atoms with Crippen molar-refractivity contribution in [3.63, 3.8) is 0 Å². The SMILES string of the molecule is CC(Cl)C(=O)N1CCC(CCO)CC1. The van der Waals surface area contributed by atoms with E-state index in [-0.39, 0.29) is 12.5 Å². The third kappa shape index (κ3) is 3.14. The molecule has 1 atom stereocenters. The standard InChI is InChI=1S/C10H18ClNO2/c1-8(11)10(14)12-5-2-9(3-6-12)4-7-13/h8-9,13H,2-7H2,1H3. The van der Waals surface area contributed by atoms with Gasteiger partial charge in [-0.3, -0.25) is 4.79 Å². The minimum absolute atomic E-state index is 0.0362. The zero-order valence-corrected chi connectivity index (χ0v) is 9.33. The highest BCUT2D eigenvalue weighted by atomic mass is 35.5. The lowest BCUT2D eigenvalue weighted by molar-refractivity contribution is -0.131. The van der Waals surface area contributed by atoms with Gasteiger partial charge in [-0.15, -0.1) is 11.6 Å². The first-order valence-corrected chi connectivity index (χ1v) is 5.62. The van der Waals surface area contributed by atoms with Crippen molar-refractivity contribution >= 4 is 17.5 Å². The van der Waals surface area contributed by atoms with E-state index in [0.717, 1.165) is 32.4 Å². The number of hydrogen-bond acceptors (Lipinski definition) is 2. The van der Waals surface area contributed by atoms with Gasteiger partial charge >= 0.3 is 0 Å². The summed E-state index contributed by atoms with van der Waals surface area (Å²) in [5.41, 5.74) is 0. The number of amides is 1. The van der Waals surface area contributed by atoms with E-state index < -0.39 is 5.38 Å². The Kier molecular flexibility index (Phi) is 4.69. The van der Waals surface area contributed by atoms with Gasteiger partial charge in [0.1, 0.15) is 5.38 Å². The summed E-state index contributed by atoms with van der Waals surface area (Å²) in [5, 5.41) is 8.37. The van der Waals surface area contributed by atoms with Crippen LogP contribution in [0.25, 0.3) is 0 Å². The maximum absolute atomic E-state index is 11.5. The Morgan fingerprint density at radius 3 is 2.57 bits per heavy atom. The first-order chi connectivity index (χ1) is 6.65. The minimum atomic E-state index is -0.413. The third-order valence-corrected chi connectivity index (χ3v) is 2.99. The smallest absolute Gasteiger partial charge is 0.240 e. The Hall–Kier alpha value is -0.280. The zero-order chi connectivity index (χ0) is 10.6. The minimum Gasteiger partial charge on any atom is -0.396 e. The van der Waals surface area contributed by atoms with Crippen molar-refractivity contribution in [2.45, 2.75) is 31.6 Å². The van der Waals surface area contributed by atoms with Gasteiger partial charge < -0.3 is 10.0 Å². The topological polar surface area (TPSA) is 40.5 Å². The summed E-state index contributed by atoms with van der Waals surface area (Å²) >= 11 is 5.73. The molecule has 0 spiro atoms. The van der Waals surface area contributed by atoms with Crippen molar-refractivity contribution in [2.75, 3.05) is 19.7 Å². The Labute approximate surface area is 90.0 Å². The molecule has 1 saturated heterocycles. The summed E-state index contributed by atoms with van der Waals surface area (Å²) in [7, 11) is 0. The van der Waals surface area contributed by atoms with Gasteiger partial charge in [0.2, 0.25) is 5.91 Å². The van der Waals surface area contributed by atoms with Gasteiger partial charge in [0.05, 0.1) is 0 Å². The molecule has 0 aromatic heterocycles. The van der Waals surface area contributed by atoms with Gasteiger partial charge in [0.15, 0.2) is 0 Å². The van der Waals surface area contributed by atoms with E-state index in [1.807, 2.05) is 4.90 Å². The second-order valence-electron chi connectivity index (χ2n) is 3.90. The molecule has 0 bridgehead atoms. The molecule has 1 heterocycles. The van der Waals surface area contributed by atoms with Crippen LogP contribution in [0.3, 0.4) is 0 Å². The van der Waals surface area contributed by atoms with Crippen LogP contribution in [0.15, 0.2) is 0 Å². The lowest BCUT2D eigenvalue weighted by atomic mass is 9.94. The number of nitrogens with zero attached hydrogens (tertiary/aromatic N) is 1. The summed E-state index contributed by atoms with van der Waals surface area (Å²) in [6.45, 7) is 3.55. The molecule has 1 N–H and O–H groups in total. The number of alkyl halides is 1. The largest absolute Gasteiger partial charge is 0.396 e. The fraction of sp³-hybridized carbons (Fsp3) is 0.900. The predicted octanol–water partition coefficient (Wildman–Crippen LogP) is 1.23. The highest BCUT2D eigenvalue weighted by Gasteiger charge is 2.24. The first kappa shape index (κ1) is 11.8. The van der Waals surface area contributed by atoms with Crippen LogP contribution < -0.4 is 0 Å². The molecule has 82 valence electrons. The molecule has 0 radical (unpaired) electrons. The van der Waals surface area contributed by atoms with Crippen LogP contribution in [-0.4, -0.2) is 41.0 Å². The summed E-state index contributed by atoms with van der Waals surface area (Å²) in [6.07, 6.45) is 2.85. The molecule has 1 aliphatic heterocycles. The summed E-state index contributed by atoms with van der Waals surface area (Å²) in [4.78, 5) is 13.3. The third-order valence-electron chi connectivity index (χ3n) is 2.80. The molecule has 14 heavy (non-hydrogen) atoms. The average molecular weight is 220 g/mol. The van der Waals surface area contributed by atoms with Gasteiger partial charge in [0.25, 0.3) is 0 Å². The molecular weight excluding hydrogens is 202 g/mol. The summed E-state index contributed by atoms with van der Waals surface area (Å²) in [5.74, 6) is 0.615. The molecule has 1 aliphatic rings. The Morgan fingerprint density at radius 2 is 2.14 bits per heavy atom. The van der Waals surface area contributed by atoms with Gasteiger partial charge in [0, 0.05) is 19.7 Å². The van der Waals surface area contributed by atoms with Crippen LogP contribution in [0.2, 0.25) is 0 Å². The number of aliphatic hydroxyl groups excluding tert-OH is 1. The van der Waals surface area contributed by atoms with Crippen molar-refractivity contribution in [1.82, 2.24) is 4.90 Å². The van der Waals surface area contributed by atoms with Crippen LogP contribution in [0.5, 0.6) is 0 Å².